The average molecular weight is 300 g/mol. The lowest BCUT2D eigenvalue weighted by molar-refractivity contribution is 0.504. The molecule has 0 atom stereocenters. The molecule has 1 aliphatic rings. The quantitative estimate of drug-likeness (QED) is 0.679. The first-order valence-electron chi connectivity index (χ1n) is 7.30. The molecule has 3 nitrogen and oxygen atoms in total. The third-order valence-corrected chi connectivity index (χ3v) is 4.76. The molecule has 0 bridgehead atoms. The van der Waals surface area contributed by atoms with Crippen LogP contribution >= 0.6 is 11.8 Å². The Hall–Kier alpha value is -1.55. The van der Waals surface area contributed by atoms with Crippen LogP contribution in [0, 0.1) is 6.92 Å². The summed E-state index contributed by atoms with van der Waals surface area (Å²) < 4.78 is 0. The second kappa shape index (κ2) is 5.02. The van der Waals surface area contributed by atoms with Gasteiger partial charge in [-0.15, -0.1) is 0 Å². The van der Waals surface area contributed by atoms with Gasteiger partial charge in [-0.2, -0.15) is 0 Å². The van der Waals surface area contributed by atoms with Crippen molar-refractivity contribution in [2.75, 3.05) is 5.75 Å². The van der Waals surface area contributed by atoms with Gasteiger partial charge in [0.1, 0.15) is 0 Å². The van der Waals surface area contributed by atoms with Gasteiger partial charge in [0.05, 0.1) is 5.69 Å². The monoisotopic (exact) mass is 300 g/mol. The van der Waals surface area contributed by atoms with Crippen LogP contribution in [0.5, 0.6) is 0 Å². The van der Waals surface area contributed by atoms with E-state index in [2.05, 4.69) is 50.9 Å². The van der Waals surface area contributed by atoms with Gasteiger partial charge in [-0.3, -0.25) is 4.79 Å². The third kappa shape index (κ3) is 2.42. The molecule has 21 heavy (non-hydrogen) atoms. The van der Waals surface area contributed by atoms with Crippen LogP contribution in [0.4, 0.5) is 0 Å². The number of nitrogens with zero attached hydrogens (tertiary/aromatic N) is 1. The summed E-state index contributed by atoms with van der Waals surface area (Å²) in [6.45, 7) is 8.42. The highest BCUT2D eigenvalue weighted by Gasteiger charge is 2.34. The molecule has 1 heterocycles. The van der Waals surface area contributed by atoms with Gasteiger partial charge < -0.3 is 4.98 Å². The van der Waals surface area contributed by atoms with Gasteiger partial charge in [-0.05, 0) is 24.7 Å². The standard InChI is InChI=1S/C17H20N2OS/c1-5-21-16-18-14-12-7-6-10(2)8-11(12)9-17(3,4)13(14)15(20)19-16/h6-8H,5,9H2,1-4H3,(H,18,19,20). The molecule has 1 aromatic carbocycles. The minimum Gasteiger partial charge on any atom is -0.301 e. The number of hydrogen-bond donors (Lipinski definition) is 1. The summed E-state index contributed by atoms with van der Waals surface area (Å²) in [5.74, 6) is 0.895. The lowest BCUT2D eigenvalue weighted by Crippen LogP contribution is -2.34. The lowest BCUT2D eigenvalue weighted by Gasteiger charge is -2.32. The fraction of sp³-hybridized carbons (Fsp3) is 0.412. The molecular weight excluding hydrogens is 280 g/mol. The number of rotatable bonds is 2. The second-order valence-corrected chi connectivity index (χ2v) is 7.50. The van der Waals surface area contributed by atoms with E-state index in [1.807, 2.05) is 0 Å². The van der Waals surface area contributed by atoms with Crippen LogP contribution in [0.25, 0.3) is 11.3 Å². The van der Waals surface area contributed by atoms with Crippen molar-refractivity contribution in [1.82, 2.24) is 9.97 Å². The Morgan fingerprint density at radius 1 is 1.38 bits per heavy atom. The van der Waals surface area contributed by atoms with Crippen molar-refractivity contribution in [2.24, 2.45) is 0 Å². The molecule has 0 radical (unpaired) electrons. The summed E-state index contributed by atoms with van der Waals surface area (Å²) in [5, 5.41) is 0.713. The SMILES string of the molecule is CCSc1nc2c(c(=O)[nH]1)C(C)(C)Cc1cc(C)ccc1-2. The topological polar surface area (TPSA) is 45.8 Å². The average Bonchev–Trinajstić information content (AvgIpc) is 2.36. The Labute approximate surface area is 129 Å². The molecule has 1 N–H and O–H groups in total. The maximum absolute atomic E-state index is 12.5. The van der Waals surface area contributed by atoms with Crippen LogP contribution in [-0.2, 0) is 11.8 Å². The Balaban J connectivity index is 2.31. The van der Waals surface area contributed by atoms with Crippen LogP contribution in [-0.4, -0.2) is 15.7 Å². The lowest BCUT2D eigenvalue weighted by atomic mass is 9.72. The van der Waals surface area contributed by atoms with Crippen molar-refractivity contribution in [3.8, 4) is 11.3 Å². The summed E-state index contributed by atoms with van der Waals surface area (Å²) in [5.41, 5.74) is 5.15. The molecule has 0 amide bonds. The normalized spacial score (nSPS) is 15.4. The number of fused-ring (bicyclic) bond motifs is 3. The summed E-state index contributed by atoms with van der Waals surface area (Å²) in [7, 11) is 0. The molecule has 2 aromatic rings. The maximum atomic E-state index is 12.5. The Morgan fingerprint density at radius 2 is 2.14 bits per heavy atom. The number of H-pyrrole nitrogens is 1. The summed E-state index contributed by atoms with van der Waals surface area (Å²) in [4.78, 5) is 20.2. The Kier molecular flexibility index (Phi) is 3.44. The van der Waals surface area contributed by atoms with E-state index in [4.69, 9.17) is 4.98 Å². The fourth-order valence-corrected chi connectivity index (χ4v) is 3.74. The van der Waals surface area contributed by atoms with Crippen molar-refractivity contribution < 1.29 is 0 Å². The van der Waals surface area contributed by atoms with Crippen molar-refractivity contribution in [3.63, 3.8) is 0 Å². The first-order valence-corrected chi connectivity index (χ1v) is 8.28. The molecule has 0 spiro atoms. The smallest absolute Gasteiger partial charge is 0.255 e. The highest BCUT2D eigenvalue weighted by Crippen LogP contribution is 2.40. The minimum absolute atomic E-state index is 0.00664. The van der Waals surface area contributed by atoms with Crippen molar-refractivity contribution in [1.29, 1.82) is 0 Å². The molecule has 0 fully saturated rings. The second-order valence-electron chi connectivity index (χ2n) is 6.25. The zero-order valence-electron chi connectivity index (χ0n) is 12.9. The number of thioether (sulfide) groups is 1. The maximum Gasteiger partial charge on any atom is 0.255 e. The van der Waals surface area contributed by atoms with Crippen molar-refractivity contribution in [2.45, 2.75) is 44.7 Å². The predicted molar refractivity (Wildman–Crippen MR) is 88.2 cm³/mol. The highest BCUT2D eigenvalue weighted by atomic mass is 32.2. The Bertz CT molecular complexity index is 762. The summed E-state index contributed by atoms with van der Waals surface area (Å²) in [6.07, 6.45) is 0.877. The van der Waals surface area contributed by atoms with Gasteiger partial charge in [0.2, 0.25) is 0 Å². The number of nitrogens with one attached hydrogen (secondary N) is 1. The van der Waals surface area contributed by atoms with Crippen molar-refractivity contribution >= 4 is 11.8 Å². The number of hydrogen-bond acceptors (Lipinski definition) is 3. The van der Waals surface area contributed by atoms with E-state index in [0.717, 1.165) is 29.0 Å². The van der Waals surface area contributed by atoms with E-state index in [1.165, 1.54) is 11.1 Å². The van der Waals surface area contributed by atoms with Crippen LogP contribution in [0.3, 0.4) is 0 Å². The van der Waals surface area contributed by atoms with E-state index in [-0.39, 0.29) is 11.0 Å². The van der Waals surface area contributed by atoms with E-state index in [9.17, 15) is 4.79 Å². The van der Waals surface area contributed by atoms with Gasteiger partial charge >= 0.3 is 0 Å². The van der Waals surface area contributed by atoms with Crippen LogP contribution < -0.4 is 5.56 Å². The molecule has 110 valence electrons. The molecule has 1 aromatic heterocycles. The fourth-order valence-electron chi connectivity index (χ4n) is 3.14. The Morgan fingerprint density at radius 3 is 2.86 bits per heavy atom. The molecule has 4 heteroatoms. The van der Waals surface area contributed by atoms with Gasteiger partial charge in [-0.1, -0.05) is 56.3 Å². The van der Waals surface area contributed by atoms with Gasteiger partial charge in [0, 0.05) is 16.5 Å². The molecule has 0 unspecified atom stereocenters. The zero-order valence-corrected chi connectivity index (χ0v) is 13.7. The zero-order chi connectivity index (χ0) is 15.2. The molecular formula is C17H20N2OS. The minimum atomic E-state index is -0.188. The number of aromatic nitrogens is 2. The van der Waals surface area contributed by atoms with E-state index >= 15 is 0 Å². The predicted octanol–water partition coefficient (Wildman–Crippen LogP) is 3.69. The van der Waals surface area contributed by atoms with Gasteiger partial charge in [0.25, 0.3) is 5.56 Å². The van der Waals surface area contributed by atoms with E-state index in [1.54, 1.807) is 11.8 Å². The number of aromatic amines is 1. The number of aryl methyl sites for hydroxylation is 1. The van der Waals surface area contributed by atoms with E-state index < -0.39 is 0 Å². The molecule has 1 aliphatic carbocycles. The summed E-state index contributed by atoms with van der Waals surface area (Å²) >= 11 is 1.57. The van der Waals surface area contributed by atoms with Gasteiger partial charge in [-0.25, -0.2) is 4.98 Å². The first-order chi connectivity index (χ1) is 9.92. The highest BCUT2D eigenvalue weighted by molar-refractivity contribution is 7.99. The van der Waals surface area contributed by atoms with E-state index in [0.29, 0.717) is 5.16 Å². The first kappa shape index (κ1) is 14.4. The molecule has 3 rings (SSSR count). The van der Waals surface area contributed by atoms with Crippen LogP contribution in [0.15, 0.2) is 28.2 Å². The molecule has 0 saturated heterocycles. The summed E-state index contributed by atoms with van der Waals surface area (Å²) in [6, 6.07) is 6.41. The van der Waals surface area contributed by atoms with Crippen LogP contribution in [0.1, 0.15) is 37.5 Å². The third-order valence-electron chi connectivity index (χ3n) is 4.00. The largest absolute Gasteiger partial charge is 0.301 e. The van der Waals surface area contributed by atoms with Crippen molar-refractivity contribution in [3.05, 3.63) is 45.2 Å². The molecule has 0 saturated carbocycles. The number of benzene rings is 1. The molecule has 0 aliphatic heterocycles. The van der Waals surface area contributed by atoms with Gasteiger partial charge in [0.15, 0.2) is 5.16 Å². The van der Waals surface area contributed by atoms with Crippen LogP contribution in [0.2, 0.25) is 0 Å².